The lowest BCUT2D eigenvalue weighted by molar-refractivity contribution is 0.0528. The second-order valence-corrected chi connectivity index (χ2v) is 7.75. The smallest absolute Gasteiger partial charge is 0.407 e. The molecule has 4 N–H and O–H groups in total. The molecular formula is C17H31IN4O3S. The lowest BCUT2D eigenvalue weighted by Crippen LogP contribution is -2.43. The minimum Gasteiger partial charge on any atom is -0.444 e. The summed E-state index contributed by atoms with van der Waals surface area (Å²) in [6, 6.07) is 3.80. The van der Waals surface area contributed by atoms with Crippen molar-refractivity contribution in [3.63, 3.8) is 0 Å². The van der Waals surface area contributed by atoms with Gasteiger partial charge in [-0.15, -0.1) is 35.3 Å². The number of rotatable bonds is 7. The molecule has 0 radical (unpaired) electrons. The molecule has 150 valence electrons. The molecule has 1 unspecified atom stereocenters. The zero-order valence-corrected chi connectivity index (χ0v) is 19.2. The summed E-state index contributed by atoms with van der Waals surface area (Å²) in [5.41, 5.74) is -1.52. The highest BCUT2D eigenvalue weighted by molar-refractivity contribution is 14.0. The highest BCUT2D eigenvalue weighted by Crippen LogP contribution is 2.25. The molecule has 0 aromatic carbocycles. The van der Waals surface area contributed by atoms with Gasteiger partial charge in [-0.3, -0.25) is 0 Å². The number of nitrogens with zero attached hydrogens (tertiary/aromatic N) is 1. The molecule has 0 spiro atoms. The summed E-state index contributed by atoms with van der Waals surface area (Å²) in [4.78, 5) is 16.9. The van der Waals surface area contributed by atoms with Crippen LogP contribution in [0.4, 0.5) is 4.79 Å². The fourth-order valence-corrected chi connectivity index (χ4v) is 2.68. The molecule has 0 bridgehead atoms. The summed E-state index contributed by atoms with van der Waals surface area (Å²) in [6.45, 7) is 11.0. The van der Waals surface area contributed by atoms with Crippen molar-refractivity contribution in [3.05, 3.63) is 22.4 Å². The number of hydrogen-bond acceptors (Lipinski definition) is 5. The number of hydrogen-bond donors (Lipinski definition) is 4. The van der Waals surface area contributed by atoms with Crippen LogP contribution < -0.4 is 16.0 Å². The predicted molar refractivity (Wildman–Crippen MR) is 118 cm³/mol. The van der Waals surface area contributed by atoms with Crippen molar-refractivity contribution in [2.24, 2.45) is 4.99 Å². The summed E-state index contributed by atoms with van der Waals surface area (Å²) in [6.07, 6.45) is -0.447. The van der Waals surface area contributed by atoms with Crippen LogP contribution in [0.2, 0.25) is 0 Å². The number of ether oxygens (including phenoxy) is 1. The van der Waals surface area contributed by atoms with Crippen molar-refractivity contribution in [2.45, 2.75) is 45.8 Å². The molecule has 0 fully saturated rings. The van der Waals surface area contributed by atoms with Crippen molar-refractivity contribution in [3.8, 4) is 0 Å². The Hall–Kier alpha value is -1.07. The average molecular weight is 498 g/mol. The molecule has 0 aliphatic heterocycles. The molecule has 0 saturated carbocycles. The zero-order chi connectivity index (χ0) is 18.9. The molecule has 1 rings (SSSR count). The third-order valence-electron chi connectivity index (χ3n) is 3.03. The van der Waals surface area contributed by atoms with Gasteiger partial charge in [-0.05, 0) is 46.1 Å². The number of alkyl carbamates (subject to hydrolysis) is 1. The van der Waals surface area contributed by atoms with Crippen LogP contribution in [-0.2, 0) is 10.3 Å². The maximum atomic E-state index is 11.6. The first-order valence-corrected chi connectivity index (χ1v) is 9.27. The summed E-state index contributed by atoms with van der Waals surface area (Å²) < 4.78 is 5.17. The van der Waals surface area contributed by atoms with E-state index in [1.165, 1.54) is 11.3 Å². The van der Waals surface area contributed by atoms with E-state index in [1.807, 2.05) is 45.2 Å². The Balaban J connectivity index is 0.00000625. The summed E-state index contributed by atoms with van der Waals surface area (Å²) in [5.74, 6) is 0.588. The first-order valence-electron chi connectivity index (χ1n) is 8.39. The third kappa shape index (κ3) is 10.2. The predicted octanol–water partition coefficient (Wildman–Crippen LogP) is 2.65. The number of thiophene rings is 1. The van der Waals surface area contributed by atoms with E-state index in [4.69, 9.17) is 4.74 Å². The highest BCUT2D eigenvalue weighted by atomic mass is 127. The highest BCUT2D eigenvalue weighted by Gasteiger charge is 2.24. The van der Waals surface area contributed by atoms with Crippen molar-refractivity contribution < 1.29 is 14.6 Å². The number of amides is 1. The van der Waals surface area contributed by atoms with Gasteiger partial charge in [0.2, 0.25) is 0 Å². The van der Waals surface area contributed by atoms with E-state index in [9.17, 15) is 9.90 Å². The van der Waals surface area contributed by atoms with E-state index in [2.05, 4.69) is 20.9 Å². The van der Waals surface area contributed by atoms with Crippen molar-refractivity contribution >= 4 is 47.4 Å². The Morgan fingerprint density at radius 2 is 1.88 bits per heavy atom. The molecule has 9 heteroatoms. The van der Waals surface area contributed by atoms with Crippen molar-refractivity contribution in [1.82, 2.24) is 16.0 Å². The van der Waals surface area contributed by atoms with Gasteiger partial charge in [0.05, 0.1) is 6.54 Å². The van der Waals surface area contributed by atoms with Gasteiger partial charge in [-0.2, -0.15) is 0 Å². The van der Waals surface area contributed by atoms with E-state index >= 15 is 0 Å². The number of nitrogens with one attached hydrogen (secondary N) is 3. The molecule has 0 aliphatic carbocycles. The number of carbonyl (C=O) groups excluding carboxylic acids is 1. The standard InChI is InChI=1S/C17H30N4O3S.HI/c1-6-18-14(19-9-10-20-15(22)24-16(2,3)4)21-12-17(5,23)13-8-7-11-25-13;/h7-8,11,23H,6,9-10,12H2,1-5H3,(H,20,22)(H2,18,19,21);1H. The molecule has 0 saturated heterocycles. The first kappa shape index (κ1) is 24.9. The number of aliphatic imine (C=N–C) groups is 1. The molecule has 1 aromatic rings. The van der Waals surface area contributed by atoms with E-state index in [-0.39, 0.29) is 30.5 Å². The first-order chi connectivity index (χ1) is 11.6. The largest absolute Gasteiger partial charge is 0.444 e. The molecule has 1 amide bonds. The van der Waals surface area contributed by atoms with E-state index in [1.54, 1.807) is 6.92 Å². The Bertz CT molecular complexity index is 557. The van der Waals surface area contributed by atoms with Crippen molar-refractivity contribution in [1.29, 1.82) is 0 Å². The van der Waals surface area contributed by atoms with E-state index < -0.39 is 17.3 Å². The van der Waals surface area contributed by atoms with Crippen LogP contribution in [-0.4, -0.2) is 48.9 Å². The zero-order valence-electron chi connectivity index (χ0n) is 16.1. The fraction of sp³-hybridized carbons (Fsp3) is 0.647. The van der Waals surface area contributed by atoms with Crippen LogP contribution in [0.1, 0.15) is 39.5 Å². The Kier molecular flexibility index (Phi) is 11.1. The average Bonchev–Trinajstić information content (AvgIpc) is 3.02. The van der Waals surface area contributed by atoms with Crippen LogP contribution in [0.15, 0.2) is 22.5 Å². The lowest BCUT2D eigenvalue weighted by atomic mass is 10.1. The van der Waals surface area contributed by atoms with Gasteiger partial charge < -0.3 is 25.8 Å². The van der Waals surface area contributed by atoms with Crippen molar-refractivity contribution in [2.75, 3.05) is 26.2 Å². The molecule has 7 nitrogen and oxygen atoms in total. The van der Waals surface area contributed by atoms with Gasteiger partial charge in [-0.25, -0.2) is 9.79 Å². The monoisotopic (exact) mass is 498 g/mol. The van der Waals surface area contributed by atoms with E-state index in [0.29, 0.717) is 25.6 Å². The minimum absolute atomic E-state index is 0. The quantitative estimate of drug-likeness (QED) is 0.201. The van der Waals surface area contributed by atoms with Crippen LogP contribution in [0, 0.1) is 0 Å². The van der Waals surface area contributed by atoms with E-state index in [0.717, 1.165) is 4.88 Å². The van der Waals surface area contributed by atoms with Crippen LogP contribution in [0.3, 0.4) is 0 Å². The van der Waals surface area contributed by atoms with Gasteiger partial charge in [0, 0.05) is 24.5 Å². The fourth-order valence-electron chi connectivity index (χ4n) is 1.90. The van der Waals surface area contributed by atoms with Gasteiger partial charge >= 0.3 is 6.09 Å². The third-order valence-corrected chi connectivity index (χ3v) is 4.15. The molecule has 1 aromatic heterocycles. The SMILES string of the molecule is CCNC(=NCC(C)(O)c1cccs1)NCCNC(=O)OC(C)(C)C.I. The second kappa shape index (κ2) is 11.6. The molecule has 1 heterocycles. The summed E-state index contributed by atoms with van der Waals surface area (Å²) in [5, 5.41) is 21.4. The van der Waals surface area contributed by atoms with Gasteiger partial charge in [0.1, 0.15) is 11.2 Å². The summed E-state index contributed by atoms with van der Waals surface area (Å²) in [7, 11) is 0. The van der Waals surface area contributed by atoms with Crippen LogP contribution in [0.25, 0.3) is 0 Å². The topological polar surface area (TPSA) is 95.0 Å². The maximum Gasteiger partial charge on any atom is 0.407 e. The normalized spacial score (nSPS) is 14.0. The number of carbonyl (C=O) groups is 1. The maximum absolute atomic E-state index is 11.6. The number of aliphatic hydroxyl groups is 1. The molecule has 1 atom stereocenters. The van der Waals surface area contributed by atoms with Gasteiger partial charge in [-0.1, -0.05) is 6.07 Å². The Morgan fingerprint density at radius 1 is 1.23 bits per heavy atom. The molecule has 26 heavy (non-hydrogen) atoms. The molecule has 0 aliphatic rings. The second-order valence-electron chi connectivity index (χ2n) is 6.80. The minimum atomic E-state index is -1.01. The Labute approximate surface area is 177 Å². The number of guanidine groups is 1. The van der Waals surface area contributed by atoms with Crippen LogP contribution in [0.5, 0.6) is 0 Å². The lowest BCUT2D eigenvalue weighted by Gasteiger charge is -2.21. The summed E-state index contributed by atoms with van der Waals surface area (Å²) >= 11 is 1.50. The number of halogens is 1. The van der Waals surface area contributed by atoms with Crippen LogP contribution >= 0.6 is 35.3 Å². The van der Waals surface area contributed by atoms with Gasteiger partial charge in [0.15, 0.2) is 5.96 Å². The molecular weight excluding hydrogens is 467 g/mol. The Morgan fingerprint density at radius 3 is 2.42 bits per heavy atom. The van der Waals surface area contributed by atoms with Gasteiger partial charge in [0.25, 0.3) is 0 Å².